The molecule has 7 heteroatoms. The van der Waals surface area contributed by atoms with Crippen LogP contribution < -0.4 is 4.74 Å². The fraction of sp³-hybridized carbons (Fsp3) is 0. The molecule has 1 heterocycles. The monoisotopic (exact) mass is 452 g/mol. The van der Waals surface area contributed by atoms with Gasteiger partial charge in [0, 0.05) is 10.0 Å². The van der Waals surface area contributed by atoms with Gasteiger partial charge in [0.1, 0.15) is 17.3 Å². The zero-order valence-corrected chi connectivity index (χ0v) is 16.5. The molecule has 1 aromatic heterocycles. The Morgan fingerprint density at radius 1 is 0.931 bits per heavy atom. The van der Waals surface area contributed by atoms with Gasteiger partial charge in [-0.25, -0.2) is 13.9 Å². The first-order valence-electron chi connectivity index (χ1n) is 8.63. The summed E-state index contributed by atoms with van der Waals surface area (Å²) < 4.78 is 21.0. The van der Waals surface area contributed by atoms with E-state index in [0.717, 1.165) is 10.0 Å². The lowest BCUT2D eigenvalue weighted by atomic mass is 10.1. The van der Waals surface area contributed by atoms with Crippen molar-refractivity contribution in [1.82, 2.24) is 9.78 Å². The standard InChI is InChI=1S/C22H14BrFN2O3/c23-15-3-7-17(8-4-15)26-21(22(27)28)13-20(25-26)14-1-9-18(10-2-14)29-19-11-5-16(24)6-12-19/h1-13H,(H,27,28). The number of carboxylic acids is 1. The Kier molecular flexibility index (Phi) is 5.14. The van der Waals surface area contributed by atoms with Gasteiger partial charge < -0.3 is 9.84 Å². The number of benzene rings is 3. The molecule has 29 heavy (non-hydrogen) atoms. The summed E-state index contributed by atoms with van der Waals surface area (Å²) in [4.78, 5) is 11.7. The molecule has 0 radical (unpaired) electrons. The third-order valence-corrected chi connectivity index (χ3v) is 4.73. The number of nitrogens with zero attached hydrogens (tertiary/aromatic N) is 2. The van der Waals surface area contributed by atoms with Crippen molar-refractivity contribution in [3.05, 3.63) is 94.8 Å². The molecule has 4 aromatic rings. The van der Waals surface area contributed by atoms with Crippen LogP contribution in [0.3, 0.4) is 0 Å². The van der Waals surface area contributed by atoms with Crippen LogP contribution in [0.15, 0.2) is 83.3 Å². The van der Waals surface area contributed by atoms with Gasteiger partial charge in [0.15, 0.2) is 5.69 Å². The second-order valence-electron chi connectivity index (χ2n) is 6.19. The van der Waals surface area contributed by atoms with E-state index in [-0.39, 0.29) is 11.5 Å². The summed E-state index contributed by atoms with van der Waals surface area (Å²) in [6, 6.07) is 21.6. The lowest BCUT2D eigenvalue weighted by molar-refractivity contribution is 0.0687. The number of rotatable bonds is 5. The van der Waals surface area contributed by atoms with Gasteiger partial charge in [-0.1, -0.05) is 15.9 Å². The van der Waals surface area contributed by atoms with Gasteiger partial charge in [-0.05, 0) is 78.9 Å². The van der Waals surface area contributed by atoms with Crippen molar-refractivity contribution in [1.29, 1.82) is 0 Å². The first kappa shape index (κ1) is 18.9. The summed E-state index contributed by atoms with van der Waals surface area (Å²) in [5, 5.41) is 14.0. The molecule has 0 bridgehead atoms. The van der Waals surface area contributed by atoms with Crippen LogP contribution in [0.5, 0.6) is 11.5 Å². The minimum absolute atomic E-state index is 0.0639. The lowest BCUT2D eigenvalue weighted by Crippen LogP contribution is -2.07. The predicted octanol–water partition coefficient (Wildman–Crippen LogP) is 5.93. The number of hydrogen-bond acceptors (Lipinski definition) is 3. The van der Waals surface area contributed by atoms with Crippen molar-refractivity contribution in [3.8, 4) is 28.4 Å². The minimum atomic E-state index is -1.07. The van der Waals surface area contributed by atoms with Gasteiger partial charge in [-0.15, -0.1) is 0 Å². The van der Waals surface area contributed by atoms with E-state index >= 15 is 0 Å². The Morgan fingerprint density at radius 2 is 1.52 bits per heavy atom. The second-order valence-corrected chi connectivity index (χ2v) is 7.10. The van der Waals surface area contributed by atoms with Gasteiger partial charge in [-0.2, -0.15) is 5.10 Å². The quantitative estimate of drug-likeness (QED) is 0.407. The fourth-order valence-electron chi connectivity index (χ4n) is 2.79. The van der Waals surface area contributed by atoms with Gasteiger partial charge in [0.05, 0.1) is 11.4 Å². The predicted molar refractivity (Wildman–Crippen MR) is 110 cm³/mol. The highest BCUT2D eigenvalue weighted by atomic mass is 79.9. The first-order chi connectivity index (χ1) is 14.0. The molecule has 4 rings (SSSR count). The Hall–Kier alpha value is -3.45. The molecule has 5 nitrogen and oxygen atoms in total. The van der Waals surface area contributed by atoms with Gasteiger partial charge >= 0.3 is 5.97 Å². The number of carbonyl (C=O) groups is 1. The average molecular weight is 453 g/mol. The van der Waals surface area contributed by atoms with E-state index in [1.807, 2.05) is 12.1 Å². The fourth-order valence-corrected chi connectivity index (χ4v) is 3.05. The van der Waals surface area contributed by atoms with Crippen LogP contribution in [0.2, 0.25) is 0 Å². The van der Waals surface area contributed by atoms with Crippen LogP contribution in [0.25, 0.3) is 16.9 Å². The molecular formula is C22H14BrFN2O3. The maximum Gasteiger partial charge on any atom is 0.354 e. The Balaban J connectivity index is 1.62. The van der Waals surface area contributed by atoms with Gasteiger partial charge in [-0.3, -0.25) is 0 Å². The molecule has 0 saturated heterocycles. The molecule has 1 N–H and O–H groups in total. The number of ether oxygens (including phenoxy) is 1. The highest BCUT2D eigenvalue weighted by molar-refractivity contribution is 9.10. The summed E-state index contributed by atoms with van der Waals surface area (Å²) in [7, 11) is 0. The molecule has 0 aliphatic carbocycles. The highest BCUT2D eigenvalue weighted by Crippen LogP contribution is 2.27. The number of carboxylic acid groups (broad SMARTS) is 1. The zero-order valence-electron chi connectivity index (χ0n) is 14.9. The van der Waals surface area contributed by atoms with Gasteiger partial charge in [0.2, 0.25) is 0 Å². The lowest BCUT2D eigenvalue weighted by Gasteiger charge is -2.06. The first-order valence-corrected chi connectivity index (χ1v) is 9.42. The maximum atomic E-state index is 13.0. The molecule has 0 aliphatic heterocycles. The molecule has 3 aromatic carbocycles. The Labute approximate surface area is 174 Å². The molecule has 0 atom stereocenters. The summed E-state index contributed by atoms with van der Waals surface area (Å²) >= 11 is 3.36. The normalized spacial score (nSPS) is 10.7. The second kappa shape index (κ2) is 7.89. The molecule has 0 aliphatic rings. The topological polar surface area (TPSA) is 64.3 Å². The van der Waals surface area contributed by atoms with Crippen LogP contribution >= 0.6 is 15.9 Å². The Bertz CT molecular complexity index is 1150. The summed E-state index contributed by atoms with van der Waals surface area (Å²) in [5.74, 6) is -0.302. The van der Waals surface area contributed by atoms with Crippen molar-refractivity contribution in [2.75, 3.05) is 0 Å². The Morgan fingerprint density at radius 3 is 2.10 bits per heavy atom. The van der Waals surface area contributed by atoms with Crippen molar-refractivity contribution >= 4 is 21.9 Å². The maximum absolute atomic E-state index is 13.0. The van der Waals surface area contributed by atoms with E-state index < -0.39 is 5.97 Å². The molecule has 0 unspecified atom stereocenters. The smallest absolute Gasteiger partial charge is 0.354 e. The van der Waals surface area contributed by atoms with Crippen LogP contribution in [0, 0.1) is 5.82 Å². The van der Waals surface area contributed by atoms with Crippen molar-refractivity contribution in [2.45, 2.75) is 0 Å². The van der Waals surface area contributed by atoms with E-state index in [9.17, 15) is 14.3 Å². The van der Waals surface area contributed by atoms with E-state index in [1.54, 1.807) is 48.5 Å². The number of halogens is 2. The average Bonchev–Trinajstić information content (AvgIpc) is 3.17. The van der Waals surface area contributed by atoms with Crippen molar-refractivity contribution in [3.63, 3.8) is 0 Å². The van der Waals surface area contributed by atoms with Crippen LogP contribution in [0.4, 0.5) is 4.39 Å². The SMILES string of the molecule is O=C(O)c1cc(-c2ccc(Oc3ccc(F)cc3)cc2)nn1-c1ccc(Br)cc1. The van der Waals surface area contributed by atoms with E-state index in [4.69, 9.17) is 4.74 Å². The third kappa shape index (κ3) is 4.20. The third-order valence-electron chi connectivity index (χ3n) is 4.20. The molecule has 144 valence electrons. The van der Waals surface area contributed by atoms with E-state index in [1.165, 1.54) is 22.9 Å². The molecule has 0 amide bonds. The van der Waals surface area contributed by atoms with Crippen LogP contribution in [-0.4, -0.2) is 20.9 Å². The minimum Gasteiger partial charge on any atom is -0.477 e. The largest absolute Gasteiger partial charge is 0.477 e. The van der Waals surface area contributed by atoms with Crippen molar-refractivity contribution < 1.29 is 19.0 Å². The van der Waals surface area contributed by atoms with Gasteiger partial charge in [0.25, 0.3) is 0 Å². The van der Waals surface area contributed by atoms with Crippen molar-refractivity contribution in [2.24, 2.45) is 0 Å². The molecule has 0 spiro atoms. The summed E-state index contributed by atoms with van der Waals surface area (Å²) in [6.07, 6.45) is 0. The van der Waals surface area contributed by atoms with Crippen LogP contribution in [0.1, 0.15) is 10.5 Å². The van der Waals surface area contributed by atoms with E-state index in [2.05, 4.69) is 21.0 Å². The number of aromatic carboxylic acids is 1. The number of aromatic nitrogens is 2. The molecule has 0 fully saturated rings. The summed E-state index contributed by atoms with van der Waals surface area (Å²) in [6.45, 7) is 0. The highest BCUT2D eigenvalue weighted by Gasteiger charge is 2.17. The van der Waals surface area contributed by atoms with E-state index in [0.29, 0.717) is 22.9 Å². The molecular weight excluding hydrogens is 439 g/mol. The van der Waals surface area contributed by atoms with Crippen LogP contribution in [-0.2, 0) is 0 Å². The summed E-state index contributed by atoms with van der Waals surface area (Å²) in [5.41, 5.74) is 1.98. The molecule has 0 saturated carbocycles. The zero-order chi connectivity index (χ0) is 20.4. The number of hydrogen-bond donors (Lipinski definition) is 1.